The lowest BCUT2D eigenvalue weighted by atomic mass is 9.84. The van der Waals surface area contributed by atoms with E-state index in [-0.39, 0.29) is 47.2 Å². The maximum atomic E-state index is 12.8. The Morgan fingerprint density at radius 2 is 1.61 bits per heavy atom. The van der Waals surface area contributed by atoms with Crippen LogP contribution in [0.25, 0.3) is 0 Å². The SMILES string of the molecule is CC1CC(N(C)C(=O)C2CCC(NC(=O)CC3CCC(S(=O)(=O)CC4CC4)CC3)CC2)NO1. The van der Waals surface area contributed by atoms with Crippen molar-refractivity contribution >= 4 is 21.7 Å². The summed E-state index contributed by atoms with van der Waals surface area (Å²) in [6, 6.07) is 0.134. The second-order valence-corrected chi connectivity index (χ2v) is 13.3. The van der Waals surface area contributed by atoms with Crippen molar-refractivity contribution in [1.29, 1.82) is 0 Å². The van der Waals surface area contributed by atoms with Crippen molar-refractivity contribution in [2.45, 2.75) is 108 Å². The van der Waals surface area contributed by atoms with Gasteiger partial charge in [0.05, 0.1) is 17.1 Å². The van der Waals surface area contributed by atoms with Gasteiger partial charge in [-0.3, -0.25) is 14.4 Å². The Hall–Kier alpha value is -1.19. The van der Waals surface area contributed by atoms with E-state index in [4.69, 9.17) is 4.84 Å². The number of hydroxylamine groups is 1. The molecule has 2 N–H and O–H groups in total. The minimum atomic E-state index is -2.96. The zero-order valence-electron chi connectivity index (χ0n) is 20.1. The van der Waals surface area contributed by atoms with E-state index in [0.29, 0.717) is 30.9 Å². The lowest BCUT2D eigenvalue weighted by Crippen LogP contribution is -2.47. The average molecular weight is 484 g/mol. The zero-order chi connectivity index (χ0) is 23.6. The van der Waals surface area contributed by atoms with Crippen LogP contribution in [0.5, 0.6) is 0 Å². The van der Waals surface area contributed by atoms with Crippen LogP contribution in [0.2, 0.25) is 0 Å². The third-order valence-electron chi connectivity index (χ3n) is 8.16. The monoisotopic (exact) mass is 483 g/mol. The number of amides is 2. The highest BCUT2D eigenvalue weighted by Gasteiger charge is 2.37. The second kappa shape index (κ2) is 10.6. The average Bonchev–Trinajstić information content (AvgIpc) is 3.48. The number of hydrogen-bond donors (Lipinski definition) is 2. The van der Waals surface area contributed by atoms with Crippen LogP contribution in [0.15, 0.2) is 0 Å². The summed E-state index contributed by atoms with van der Waals surface area (Å²) in [6.07, 6.45) is 9.75. The van der Waals surface area contributed by atoms with Crippen LogP contribution in [0.4, 0.5) is 0 Å². The molecule has 3 saturated carbocycles. The van der Waals surface area contributed by atoms with Gasteiger partial charge in [0, 0.05) is 31.8 Å². The smallest absolute Gasteiger partial charge is 0.226 e. The third kappa shape index (κ3) is 6.69. The van der Waals surface area contributed by atoms with Crippen molar-refractivity contribution in [3.63, 3.8) is 0 Å². The Bertz CT molecular complexity index is 799. The quantitative estimate of drug-likeness (QED) is 0.550. The summed E-state index contributed by atoms with van der Waals surface area (Å²) in [7, 11) is -1.13. The van der Waals surface area contributed by atoms with Gasteiger partial charge in [-0.05, 0) is 83.0 Å². The normalized spacial score (nSPS) is 35.2. The fraction of sp³-hybridized carbons (Fsp3) is 0.917. The van der Waals surface area contributed by atoms with Crippen LogP contribution < -0.4 is 10.8 Å². The Balaban J connectivity index is 1.14. The molecule has 4 rings (SSSR count). The van der Waals surface area contributed by atoms with Gasteiger partial charge in [0.1, 0.15) is 6.17 Å². The summed E-state index contributed by atoms with van der Waals surface area (Å²) in [5.41, 5.74) is 2.94. The summed E-state index contributed by atoms with van der Waals surface area (Å²) in [5.74, 6) is 1.30. The number of hydrogen-bond acceptors (Lipinski definition) is 6. The molecule has 0 aromatic rings. The maximum absolute atomic E-state index is 12.8. The van der Waals surface area contributed by atoms with E-state index in [2.05, 4.69) is 10.8 Å². The molecule has 188 valence electrons. The van der Waals surface area contributed by atoms with Crippen LogP contribution in [0.1, 0.15) is 84.0 Å². The summed E-state index contributed by atoms with van der Waals surface area (Å²) in [5, 5.41) is 2.98. The molecule has 8 nitrogen and oxygen atoms in total. The number of rotatable bonds is 8. The van der Waals surface area contributed by atoms with Crippen LogP contribution in [0.3, 0.4) is 0 Å². The summed E-state index contributed by atoms with van der Waals surface area (Å²) >= 11 is 0. The topological polar surface area (TPSA) is 105 Å². The number of carbonyl (C=O) groups excluding carboxylic acids is 2. The summed E-state index contributed by atoms with van der Waals surface area (Å²) in [4.78, 5) is 32.6. The molecule has 4 aliphatic rings. The van der Waals surface area contributed by atoms with Gasteiger partial charge in [-0.15, -0.1) is 0 Å². The van der Waals surface area contributed by atoms with E-state index in [0.717, 1.165) is 57.8 Å². The molecular formula is C24H41N3O5S. The Morgan fingerprint density at radius 3 is 2.18 bits per heavy atom. The highest BCUT2D eigenvalue weighted by molar-refractivity contribution is 7.92. The third-order valence-corrected chi connectivity index (χ3v) is 10.6. The molecule has 0 radical (unpaired) electrons. The molecule has 9 heteroatoms. The first-order valence-electron chi connectivity index (χ1n) is 12.9. The van der Waals surface area contributed by atoms with E-state index >= 15 is 0 Å². The maximum Gasteiger partial charge on any atom is 0.226 e. The molecule has 0 aromatic carbocycles. The van der Waals surface area contributed by atoms with Crippen molar-refractivity contribution < 1.29 is 22.8 Å². The van der Waals surface area contributed by atoms with Gasteiger partial charge in [0.2, 0.25) is 11.8 Å². The summed E-state index contributed by atoms with van der Waals surface area (Å²) < 4.78 is 25.0. The molecule has 1 saturated heterocycles. The van der Waals surface area contributed by atoms with Gasteiger partial charge in [-0.25, -0.2) is 8.42 Å². The van der Waals surface area contributed by atoms with Crippen molar-refractivity contribution in [2.24, 2.45) is 17.8 Å². The number of nitrogens with zero attached hydrogens (tertiary/aromatic N) is 1. The van der Waals surface area contributed by atoms with Crippen LogP contribution >= 0.6 is 0 Å². The molecule has 2 amide bonds. The molecular weight excluding hydrogens is 442 g/mol. The highest BCUT2D eigenvalue weighted by Crippen LogP contribution is 2.36. The number of carbonyl (C=O) groups is 2. The Labute approximate surface area is 198 Å². The molecule has 2 atom stereocenters. The zero-order valence-corrected chi connectivity index (χ0v) is 20.9. The lowest BCUT2D eigenvalue weighted by molar-refractivity contribution is -0.139. The van der Waals surface area contributed by atoms with Crippen LogP contribution in [0, 0.1) is 17.8 Å². The van der Waals surface area contributed by atoms with Crippen molar-refractivity contribution in [1.82, 2.24) is 15.7 Å². The first kappa shape index (κ1) is 24.9. The fourth-order valence-electron chi connectivity index (χ4n) is 5.76. The number of sulfone groups is 1. The van der Waals surface area contributed by atoms with Gasteiger partial charge >= 0.3 is 0 Å². The second-order valence-electron chi connectivity index (χ2n) is 11.0. The van der Waals surface area contributed by atoms with Gasteiger partial charge in [0.15, 0.2) is 9.84 Å². The van der Waals surface area contributed by atoms with E-state index in [1.165, 1.54) is 0 Å². The van der Waals surface area contributed by atoms with Gasteiger partial charge in [-0.1, -0.05) is 0 Å². The minimum Gasteiger partial charge on any atom is -0.353 e. The molecule has 1 aliphatic heterocycles. The van der Waals surface area contributed by atoms with Crippen LogP contribution in [-0.2, 0) is 24.3 Å². The molecule has 3 aliphatic carbocycles. The van der Waals surface area contributed by atoms with Crippen molar-refractivity contribution in [2.75, 3.05) is 12.8 Å². The first-order valence-corrected chi connectivity index (χ1v) is 14.6. The largest absolute Gasteiger partial charge is 0.353 e. The minimum absolute atomic E-state index is 0.00808. The molecule has 0 aromatic heterocycles. The predicted molar refractivity (Wildman–Crippen MR) is 126 cm³/mol. The van der Waals surface area contributed by atoms with Gasteiger partial charge in [0.25, 0.3) is 0 Å². The van der Waals surface area contributed by atoms with E-state index in [1.807, 2.05) is 14.0 Å². The highest BCUT2D eigenvalue weighted by atomic mass is 32.2. The van der Waals surface area contributed by atoms with Gasteiger partial charge in [-0.2, -0.15) is 5.48 Å². The van der Waals surface area contributed by atoms with E-state index in [1.54, 1.807) is 4.90 Å². The standard InChI is InChI=1S/C24H41N3O5S/c1-16-13-22(26-32-16)27(2)24(29)19-7-9-20(10-8-19)25-23(28)14-17-5-11-21(12-6-17)33(30,31)15-18-3-4-18/h16-22,26H,3-15H2,1-2H3,(H,25,28). The Kier molecular flexibility index (Phi) is 8.01. The predicted octanol–water partition coefficient (Wildman–Crippen LogP) is 2.53. The van der Waals surface area contributed by atoms with E-state index in [9.17, 15) is 18.0 Å². The van der Waals surface area contributed by atoms with Gasteiger partial charge < -0.3 is 10.2 Å². The van der Waals surface area contributed by atoms with Crippen LogP contribution in [-0.4, -0.2) is 61.5 Å². The molecule has 1 heterocycles. The fourth-order valence-corrected chi connectivity index (χ4v) is 8.01. The number of nitrogens with one attached hydrogen (secondary N) is 2. The molecule has 4 fully saturated rings. The molecule has 33 heavy (non-hydrogen) atoms. The first-order chi connectivity index (χ1) is 15.7. The van der Waals surface area contributed by atoms with Crippen molar-refractivity contribution in [3.8, 4) is 0 Å². The molecule has 0 bridgehead atoms. The summed E-state index contributed by atoms with van der Waals surface area (Å²) in [6.45, 7) is 1.99. The molecule has 2 unspecified atom stereocenters. The lowest BCUT2D eigenvalue weighted by Gasteiger charge is -2.33. The van der Waals surface area contributed by atoms with E-state index < -0.39 is 9.84 Å². The van der Waals surface area contributed by atoms with Crippen molar-refractivity contribution in [3.05, 3.63) is 0 Å². The molecule has 0 spiro atoms. The Morgan fingerprint density at radius 1 is 0.970 bits per heavy atom.